The van der Waals surface area contributed by atoms with Gasteiger partial charge >= 0.3 is 5.97 Å². The number of rotatable bonds is 8. The van der Waals surface area contributed by atoms with E-state index in [2.05, 4.69) is 27.1 Å². The number of hydrogen-bond donors (Lipinski definition) is 1. The number of piperidine rings is 1. The molecular weight excluding hydrogens is 308 g/mol. The van der Waals surface area contributed by atoms with E-state index >= 15 is 0 Å². The number of benzene rings is 1. The summed E-state index contributed by atoms with van der Waals surface area (Å²) in [7, 11) is 0. The van der Waals surface area contributed by atoms with Crippen LogP contribution < -0.4 is 15.0 Å². The van der Waals surface area contributed by atoms with E-state index in [0.29, 0.717) is 19.6 Å². The minimum absolute atomic E-state index is 0.228. The molecule has 6 heteroatoms. The zero-order valence-electron chi connectivity index (χ0n) is 14.3. The fourth-order valence-electron chi connectivity index (χ4n) is 2.61. The van der Waals surface area contributed by atoms with E-state index < -0.39 is 5.97 Å². The molecule has 0 atom stereocenters. The van der Waals surface area contributed by atoms with Crippen molar-refractivity contribution in [2.75, 3.05) is 37.7 Å². The molecule has 0 spiro atoms. The first kappa shape index (κ1) is 18.1. The smallest absolute Gasteiger partial charge is 0.303 e. The quantitative estimate of drug-likeness (QED) is 0.583. The van der Waals surface area contributed by atoms with Crippen molar-refractivity contribution in [3.8, 4) is 5.75 Å². The molecule has 24 heavy (non-hydrogen) atoms. The molecule has 1 aromatic carbocycles. The molecule has 1 amide bonds. The number of nitrogens with one attached hydrogen (secondary N) is 1. The molecule has 1 aliphatic heterocycles. The lowest BCUT2D eigenvalue weighted by Crippen LogP contribution is -2.30. The van der Waals surface area contributed by atoms with Gasteiger partial charge in [0.15, 0.2) is 6.61 Å². The molecule has 0 aliphatic carbocycles. The minimum atomic E-state index is -0.457. The molecule has 6 nitrogen and oxygen atoms in total. The van der Waals surface area contributed by atoms with Crippen LogP contribution in [0.2, 0.25) is 0 Å². The van der Waals surface area contributed by atoms with E-state index in [9.17, 15) is 9.59 Å². The van der Waals surface area contributed by atoms with Gasteiger partial charge in [0, 0.05) is 32.2 Å². The molecule has 2 rings (SSSR count). The Morgan fingerprint density at radius 2 is 1.83 bits per heavy atom. The van der Waals surface area contributed by atoms with E-state index in [1.807, 2.05) is 12.1 Å². The Bertz CT molecular complexity index is 524. The van der Waals surface area contributed by atoms with Crippen molar-refractivity contribution in [3.05, 3.63) is 24.3 Å². The Kier molecular flexibility index (Phi) is 7.39. The summed E-state index contributed by atoms with van der Waals surface area (Å²) in [5.41, 5.74) is 1.25. The predicted octanol–water partition coefficient (Wildman–Crippen LogP) is 2.13. The lowest BCUT2D eigenvalue weighted by Gasteiger charge is -2.28. The molecular formula is C18H26N2O4. The molecule has 0 unspecified atom stereocenters. The van der Waals surface area contributed by atoms with Crippen LogP contribution in [0.4, 0.5) is 5.69 Å². The summed E-state index contributed by atoms with van der Waals surface area (Å²) in [5, 5.41) is 2.67. The second kappa shape index (κ2) is 9.80. The van der Waals surface area contributed by atoms with Gasteiger partial charge in [-0.3, -0.25) is 9.59 Å². The Labute approximate surface area is 143 Å². The molecule has 1 aliphatic rings. The number of amides is 1. The summed E-state index contributed by atoms with van der Waals surface area (Å²) in [6, 6.07) is 8.18. The molecule has 0 radical (unpaired) electrons. The monoisotopic (exact) mass is 334 g/mol. The summed E-state index contributed by atoms with van der Waals surface area (Å²) in [6.45, 7) is 4.33. The van der Waals surface area contributed by atoms with Gasteiger partial charge in [-0.05, 0) is 49.9 Å². The van der Waals surface area contributed by atoms with E-state index in [0.717, 1.165) is 18.8 Å². The van der Waals surface area contributed by atoms with Crippen LogP contribution in [0.3, 0.4) is 0 Å². The first-order chi connectivity index (χ1) is 11.6. The maximum absolute atomic E-state index is 11.3. The number of esters is 1. The molecule has 1 fully saturated rings. The zero-order valence-corrected chi connectivity index (χ0v) is 14.3. The lowest BCUT2D eigenvalue weighted by atomic mass is 10.1. The van der Waals surface area contributed by atoms with Crippen molar-refractivity contribution in [1.82, 2.24) is 5.32 Å². The minimum Gasteiger partial charge on any atom is -0.494 e. The Hall–Kier alpha value is -2.24. The van der Waals surface area contributed by atoms with Gasteiger partial charge < -0.3 is 19.7 Å². The van der Waals surface area contributed by atoms with Gasteiger partial charge in [-0.25, -0.2) is 0 Å². The highest BCUT2D eigenvalue weighted by atomic mass is 16.5. The number of nitrogens with zero attached hydrogens (tertiary/aromatic N) is 1. The molecule has 0 aromatic heterocycles. The van der Waals surface area contributed by atoms with Crippen molar-refractivity contribution in [1.29, 1.82) is 0 Å². The van der Waals surface area contributed by atoms with Crippen LogP contribution in [0.25, 0.3) is 0 Å². The van der Waals surface area contributed by atoms with Crippen LogP contribution >= 0.6 is 0 Å². The molecule has 1 heterocycles. The van der Waals surface area contributed by atoms with E-state index in [4.69, 9.17) is 4.74 Å². The molecule has 0 saturated carbocycles. The van der Waals surface area contributed by atoms with Gasteiger partial charge in [0.1, 0.15) is 5.75 Å². The fourth-order valence-corrected chi connectivity index (χ4v) is 2.61. The highest BCUT2D eigenvalue weighted by Gasteiger charge is 2.10. The molecule has 132 valence electrons. The van der Waals surface area contributed by atoms with E-state index in [1.165, 1.54) is 31.9 Å². The average molecular weight is 334 g/mol. The average Bonchev–Trinajstić information content (AvgIpc) is 2.61. The molecule has 1 saturated heterocycles. The van der Waals surface area contributed by atoms with Crippen molar-refractivity contribution in [2.45, 2.75) is 32.6 Å². The normalized spacial score (nSPS) is 14.1. The van der Waals surface area contributed by atoms with E-state index in [-0.39, 0.29) is 12.5 Å². The summed E-state index contributed by atoms with van der Waals surface area (Å²) < 4.78 is 10.3. The van der Waals surface area contributed by atoms with Crippen LogP contribution in [0.5, 0.6) is 5.75 Å². The zero-order chi connectivity index (χ0) is 17.2. The topological polar surface area (TPSA) is 67.9 Å². The van der Waals surface area contributed by atoms with Crippen LogP contribution in [0.1, 0.15) is 32.6 Å². The van der Waals surface area contributed by atoms with Crippen LogP contribution in [0, 0.1) is 0 Å². The second-order valence-electron chi connectivity index (χ2n) is 5.87. The number of hydrogen-bond acceptors (Lipinski definition) is 5. The van der Waals surface area contributed by atoms with Crippen LogP contribution in [0.15, 0.2) is 24.3 Å². The predicted molar refractivity (Wildman–Crippen MR) is 92.3 cm³/mol. The van der Waals surface area contributed by atoms with Crippen molar-refractivity contribution in [2.24, 2.45) is 0 Å². The van der Waals surface area contributed by atoms with Gasteiger partial charge in [-0.15, -0.1) is 0 Å². The third kappa shape index (κ3) is 6.48. The van der Waals surface area contributed by atoms with Gasteiger partial charge in [0.2, 0.25) is 0 Å². The summed E-state index contributed by atoms with van der Waals surface area (Å²) in [6.07, 6.45) is 4.55. The third-order valence-corrected chi connectivity index (χ3v) is 3.88. The van der Waals surface area contributed by atoms with Crippen molar-refractivity contribution in [3.63, 3.8) is 0 Å². The number of anilines is 1. The molecule has 0 bridgehead atoms. The highest BCUT2D eigenvalue weighted by Crippen LogP contribution is 2.22. The van der Waals surface area contributed by atoms with E-state index in [1.54, 1.807) is 0 Å². The lowest BCUT2D eigenvalue weighted by molar-refractivity contribution is -0.146. The van der Waals surface area contributed by atoms with Gasteiger partial charge in [-0.1, -0.05) is 0 Å². The number of carbonyl (C=O) groups excluding carboxylic acids is 2. The van der Waals surface area contributed by atoms with Gasteiger partial charge in [-0.2, -0.15) is 0 Å². The van der Waals surface area contributed by atoms with Crippen LogP contribution in [-0.4, -0.2) is 44.7 Å². The summed E-state index contributed by atoms with van der Waals surface area (Å²) in [4.78, 5) is 24.3. The molecule has 1 N–H and O–H groups in total. The number of carbonyl (C=O) groups is 2. The Morgan fingerprint density at radius 1 is 1.12 bits per heavy atom. The molecule has 1 aromatic rings. The first-order valence-corrected chi connectivity index (χ1v) is 8.53. The fraction of sp³-hybridized carbons (Fsp3) is 0.556. The van der Waals surface area contributed by atoms with Gasteiger partial charge in [0.25, 0.3) is 5.91 Å². The largest absolute Gasteiger partial charge is 0.494 e. The SMILES string of the molecule is CC(=O)OCC(=O)NCCCOc1ccc(N2CCCCC2)cc1. The van der Waals surface area contributed by atoms with Gasteiger partial charge in [0.05, 0.1) is 6.61 Å². The van der Waals surface area contributed by atoms with Crippen LogP contribution in [-0.2, 0) is 14.3 Å². The standard InChI is InChI=1S/C18H26N2O4/c1-15(21)24-14-18(22)19-10-5-13-23-17-8-6-16(7-9-17)20-11-3-2-4-12-20/h6-9H,2-5,10-14H2,1H3,(H,19,22). The summed E-state index contributed by atoms with van der Waals surface area (Å²) in [5.74, 6) is 0.0829. The Balaban J connectivity index is 1.60. The van der Waals surface area contributed by atoms with Crippen molar-refractivity contribution >= 4 is 17.6 Å². The highest BCUT2D eigenvalue weighted by molar-refractivity contribution is 5.79. The first-order valence-electron chi connectivity index (χ1n) is 8.53. The maximum Gasteiger partial charge on any atom is 0.303 e. The Morgan fingerprint density at radius 3 is 2.50 bits per heavy atom. The van der Waals surface area contributed by atoms with Crippen molar-refractivity contribution < 1.29 is 19.1 Å². The second-order valence-corrected chi connectivity index (χ2v) is 5.87. The summed E-state index contributed by atoms with van der Waals surface area (Å²) >= 11 is 0. The number of ether oxygens (including phenoxy) is 2. The third-order valence-electron chi connectivity index (χ3n) is 3.88. The maximum atomic E-state index is 11.3.